The van der Waals surface area contributed by atoms with Crippen LogP contribution < -0.4 is 10.1 Å². The summed E-state index contributed by atoms with van der Waals surface area (Å²) in [6, 6.07) is 3.52. The Bertz CT molecular complexity index is 369. The minimum absolute atomic E-state index is 0.121. The number of amides is 1. The molecular formula is C12H19N3O2. The van der Waals surface area contributed by atoms with Crippen molar-refractivity contribution in [1.29, 1.82) is 0 Å². The summed E-state index contributed by atoms with van der Waals surface area (Å²) in [7, 11) is 3.61. The average molecular weight is 237 g/mol. The van der Waals surface area contributed by atoms with Crippen molar-refractivity contribution in [2.24, 2.45) is 0 Å². The maximum absolute atomic E-state index is 12.1. The Hall–Kier alpha value is -1.62. The molecule has 0 unspecified atom stereocenters. The number of pyridine rings is 1. The molecule has 0 aliphatic carbocycles. The van der Waals surface area contributed by atoms with Gasteiger partial charge in [-0.1, -0.05) is 0 Å². The van der Waals surface area contributed by atoms with E-state index in [9.17, 15) is 4.79 Å². The molecule has 0 atom stereocenters. The molecule has 0 radical (unpaired) electrons. The zero-order valence-corrected chi connectivity index (χ0v) is 10.6. The van der Waals surface area contributed by atoms with Gasteiger partial charge in [-0.25, -0.2) is 4.98 Å². The number of carbonyl (C=O) groups excluding carboxylic acids is 1. The maximum atomic E-state index is 12.1. The van der Waals surface area contributed by atoms with Gasteiger partial charge in [-0.05, 0) is 26.1 Å². The standard InChI is InChI=1S/C12H19N3O2/c1-4-17-10-6-5-7-14-11(10)12(16)15(3)9-8-13-2/h5-7,13H,4,8-9H2,1-3H3. The summed E-state index contributed by atoms with van der Waals surface area (Å²) in [6.07, 6.45) is 1.60. The lowest BCUT2D eigenvalue weighted by Gasteiger charge is -2.17. The molecule has 1 aromatic rings. The molecule has 0 spiro atoms. The van der Waals surface area contributed by atoms with Crippen LogP contribution in [-0.2, 0) is 0 Å². The SMILES string of the molecule is CCOc1cccnc1C(=O)N(C)CCNC. The summed E-state index contributed by atoms with van der Waals surface area (Å²) in [5.74, 6) is 0.417. The highest BCUT2D eigenvalue weighted by atomic mass is 16.5. The largest absolute Gasteiger partial charge is 0.491 e. The number of rotatable bonds is 6. The highest BCUT2D eigenvalue weighted by Crippen LogP contribution is 2.16. The zero-order chi connectivity index (χ0) is 12.7. The first-order chi connectivity index (χ1) is 8.20. The summed E-state index contributed by atoms with van der Waals surface area (Å²) in [4.78, 5) is 17.8. The van der Waals surface area contributed by atoms with Crippen LogP contribution in [0.4, 0.5) is 0 Å². The summed E-state index contributed by atoms with van der Waals surface area (Å²) in [5, 5.41) is 3.00. The highest BCUT2D eigenvalue weighted by Gasteiger charge is 2.17. The molecule has 0 aromatic carbocycles. The van der Waals surface area contributed by atoms with Crippen LogP contribution in [0.1, 0.15) is 17.4 Å². The molecule has 0 saturated carbocycles. The van der Waals surface area contributed by atoms with Gasteiger partial charge in [0.15, 0.2) is 11.4 Å². The van der Waals surface area contributed by atoms with E-state index >= 15 is 0 Å². The molecule has 1 heterocycles. The van der Waals surface area contributed by atoms with Crippen LogP contribution >= 0.6 is 0 Å². The number of aromatic nitrogens is 1. The number of hydrogen-bond acceptors (Lipinski definition) is 4. The molecule has 0 fully saturated rings. The molecule has 0 aliphatic rings. The molecule has 1 rings (SSSR count). The van der Waals surface area contributed by atoms with Gasteiger partial charge in [0.05, 0.1) is 6.61 Å². The molecule has 94 valence electrons. The van der Waals surface area contributed by atoms with Crippen molar-refractivity contribution >= 4 is 5.91 Å². The predicted molar refractivity (Wildman–Crippen MR) is 66.3 cm³/mol. The van der Waals surface area contributed by atoms with Crippen LogP contribution in [0.2, 0.25) is 0 Å². The fourth-order valence-electron chi connectivity index (χ4n) is 1.38. The number of nitrogens with one attached hydrogen (secondary N) is 1. The van der Waals surface area contributed by atoms with Crippen molar-refractivity contribution in [1.82, 2.24) is 15.2 Å². The number of ether oxygens (including phenoxy) is 1. The normalized spacial score (nSPS) is 10.1. The molecule has 0 saturated heterocycles. The van der Waals surface area contributed by atoms with E-state index in [1.165, 1.54) is 0 Å². The van der Waals surface area contributed by atoms with Gasteiger partial charge in [-0.2, -0.15) is 0 Å². The Morgan fingerprint density at radius 1 is 1.59 bits per heavy atom. The molecule has 1 amide bonds. The summed E-state index contributed by atoms with van der Waals surface area (Å²) in [6.45, 7) is 3.79. The number of hydrogen-bond donors (Lipinski definition) is 1. The van der Waals surface area contributed by atoms with Crippen molar-refractivity contribution in [2.45, 2.75) is 6.92 Å². The Morgan fingerprint density at radius 2 is 2.35 bits per heavy atom. The van der Waals surface area contributed by atoms with E-state index < -0.39 is 0 Å². The predicted octanol–water partition coefficient (Wildman–Crippen LogP) is 0.772. The molecule has 1 aromatic heterocycles. The summed E-state index contributed by atoms with van der Waals surface area (Å²) in [5.41, 5.74) is 0.368. The van der Waals surface area contributed by atoms with Gasteiger partial charge in [0, 0.05) is 26.3 Å². The Kier molecular flexibility index (Phi) is 5.42. The number of nitrogens with zero attached hydrogens (tertiary/aromatic N) is 2. The summed E-state index contributed by atoms with van der Waals surface area (Å²) >= 11 is 0. The minimum Gasteiger partial charge on any atom is -0.491 e. The van der Waals surface area contributed by atoms with E-state index in [0.717, 1.165) is 6.54 Å². The molecule has 0 bridgehead atoms. The first kappa shape index (κ1) is 13.4. The Labute approximate surface area is 102 Å². The Morgan fingerprint density at radius 3 is 3.00 bits per heavy atom. The first-order valence-corrected chi connectivity index (χ1v) is 5.68. The molecule has 5 nitrogen and oxygen atoms in total. The fourth-order valence-corrected chi connectivity index (χ4v) is 1.38. The lowest BCUT2D eigenvalue weighted by molar-refractivity contribution is 0.0786. The monoisotopic (exact) mass is 237 g/mol. The molecule has 5 heteroatoms. The summed E-state index contributed by atoms with van der Waals surface area (Å²) < 4.78 is 5.39. The third-order valence-electron chi connectivity index (χ3n) is 2.32. The lowest BCUT2D eigenvalue weighted by atomic mass is 10.3. The van der Waals surface area contributed by atoms with Gasteiger partial charge < -0.3 is 15.0 Å². The van der Waals surface area contributed by atoms with Gasteiger partial charge in [-0.3, -0.25) is 4.79 Å². The van der Waals surface area contributed by atoms with E-state index in [4.69, 9.17) is 4.74 Å². The molecule has 0 aliphatic heterocycles. The van der Waals surface area contributed by atoms with Crippen LogP contribution in [-0.4, -0.2) is 49.6 Å². The fraction of sp³-hybridized carbons (Fsp3) is 0.500. The van der Waals surface area contributed by atoms with Crippen LogP contribution in [0, 0.1) is 0 Å². The van der Waals surface area contributed by atoms with Gasteiger partial charge in [0.2, 0.25) is 0 Å². The number of likely N-dealkylation sites (N-methyl/N-ethyl adjacent to an activating group) is 2. The highest BCUT2D eigenvalue weighted by molar-refractivity contribution is 5.94. The van der Waals surface area contributed by atoms with E-state index in [2.05, 4.69) is 10.3 Å². The maximum Gasteiger partial charge on any atom is 0.276 e. The van der Waals surface area contributed by atoms with Crippen LogP contribution in [0.25, 0.3) is 0 Å². The second kappa shape index (κ2) is 6.85. The van der Waals surface area contributed by atoms with E-state index in [-0.39, 0.29) is 5.91 Å². The second-order valence-electron chi connectivity index (χ2n) is 3.61. The smallest absolute Gasteiger partial charge is 0.276 e. The average Bonchev–Trinajstić information content (AvgIpc) is 2.36. The molecule has 1 N–H and O–H groups in total. The van der Waals surface area contributed by atoms with E-state index in [1.807, 2.05) is 14.0 Å². The van der Waals surface area contributed by atoms with Crippen molar-refractivity contribution in [2.75, 3.05) is 33.8 Å². The van der Waals surface area contributed by atoms with E-state index in [0.29, 0.717) is 24.6 Å². The van der Waals surface area contributed by atoms with Crippen molar-refractivity contribution in [3.05, 3.63) is 24.0 Å². The second-order valence-corrected chi connectivity index (χ2v) is 3.61. The van der Waals surface area contributed by atoms with Crippen molar-refractivity contribution in [3.8, 4) is 5.75 Å². The number of carbonyl (C=O) groups is 1. The van der Waals surface area contributed by atoms with Crippen LogP contribution in [0.3, 0.4) is 0 Å². The molecular weight excluding hydrogens is 218 g/mol. The quantitative estimate of drug-likeness (QED) is 0.794. The Balaban J connectivity index is 2.80. The van der Waals surface area contributed by atoms with Gasteiger partial charge in [0.1, 0.15) is 0 Å². The van der Waals surface area contributed by atoms with E-state index in [1.54, 1.807) is 30.3 Å². The van der Waals surface area contributed by atoms with Crippen molar-refractivity contribution in [3.63, 3.8) is 0 Å². The third-order valence-corrected chi connectivity index (χ3v) is 2.32. The van der Waals surface area contributed by atoms with Crippen LogP contribution in [0.5, 0.6) is 5.75 Å². The van der Waals surface area contributed by atoms with Crippen LogP contribution in [0.15, 0.2) is 18.3 Å². The lowest BCUT2D eigenvalue weighted by Crippen LogP contribution is -2.33. The van der Waals surface area contributed by atoms with Crippen molar-refractivity contribution < 1.29 is 9.53 Å². The zero-order valence-electron chi connectivity index (χ0n) is 10.6. The first-order valence-electron chi connectivity index (χ1n) is 5.68. The molecule has 17 heavy (non-hydrogen) atoms. The van der Waals surface area contributed by atoms with Gasteiger partial charge in [-0.15, -0.1) is 0 Å². The topological polar surface area (TPSA) is 54.5 Å². The van der Waals surface area contributed by atoms with Gasteiger partial charge in [0.25, 0.3) is 5.91 Å². The minimum atomic E-state index is -0.121. The van der Waals surface area contributed by atoms with Gasteiger partial charge >= 0.3 is 0 Å². The third kappa shape index (κ3) is 3.71.